The summed E-state index contributed by atoms with van der Waals surface area (Å²) >= 11 is 0. The van der Waals surface area contributed by atoms with Crippen molar-refractivity contribution in [2.75, 3.05) is 39.6 Å². The summed E-state index contributed by atoms with van der Waals surface area (Å²) in [6.45, 7) is 13.3. The molecule has 0 aliphatic rings. The van der Waals surface area contributed by atoms with E-state index in [1.165, 1.54) is 0 Å². The standard InChI is InChI=1S/C24H44O8P2/c1-7-13-17-27-23-21(19-33(25,29-9-3)30-10-4)15-16-22(24(23)28-18-14-8-2)20-34(26,31-11-5)32-12-6/h15-16H,7-14,17-20H2,1-6H3. The van der Waals surface area contributed by atoms with Crippen LogP contribution in [-0.2, 0) is 39.5 Å². The second kappa shape index (κ2) is 16.7. The molecule has 0 atom stereocenters. The van der Waals surface area contributed by atoms with Crippen LogP contribution in [0.2, 0.25) is 0 Å². The predicted octanol–water partition coefficient (Wildman–Crippen LogP) is 7.58. The number of unbranched alkanes of at least 4 members (excludes halogenated alkanes) is 2. The van der Waals surface area contributed by atoms with Gasteiger partial charge in [0, 0.05) is 11.1 Å². The average molecular weight is 523 g/mol. The Morgan fingerprint density at radius 3 is 1.18 bits per heavy atom. The summed E-state index contributed by atoms with van der Waals surface area (Å²) in [5.41, 5.74) is 1.33. The molecule has 0 aromatic heterocycles. The van der Waals surface area contributed by atoms with Crippen LogP contribution in [0, 0.1) is 0 Å². The normalized spacial score (nSPS) is 12.2. The van der Waals surface area contributed by atoms with Gasteiger partial charge in [-0.2, -0.15) is 0 Å². The van der Waals surface area contributed by atoms with Gasteiger partial charge in [-0.3, -0.25) is 9.13 Å². The lowest BCUT2D eigenvalue weighted by atomic mass is 10.1. The molecule has 34 heavy (non-hydrogen) atoms. The van der Waals surface area contributed by atoms with Gasteiger partial charge in [-0.25, -0.2) is 0 Å². The van der Waals surface area contributed by atoms with Gasteiger partial charge in [0.1, 0.15) is 0 Å². The van der Waals surface area contributed by atoms with Crippen molar-refractivity contribution in [1.29, 1.82) is 0 Å². The van der Waals surface area contributed by atoms with E-state index in [4.69, 9.17) is 27.6 Å². The predicted molar refractivity (Wildman–Crippen MR) is 136 cm³/mol. The highest BCUT2D eigenvalue weighted by molar-refractivity contribution is 7.53. The molecule has 0 saturated carbocycles. The molecule has 0 heterocycles. The molecular weight excluding hydrogens is 478 g/mol. The molecule has 0 N–H and O–H groups in total. The van der Waals surface area contributed by atoms with E-state index >= 15 is 0 Å². The molecule has 0 aliphatic carbocycles. The molecular formula is C24H44O8P2. The maximum absolute atomic E-state index is 13.3. The van der Waals surface area contributed by atoms with Crippen molar-refractivity contribution in [2.45, 2.75) is 79.5 Å². The second-order valence-electron chi connectivity index (χ2n) is 7.66. The minimum absolute atomic E-state index is 0.0507. The number of hydrogen-bond donors (Lipinski definition) is 0. The van der Waals surface area contributed by atoms with Crippen LogP contribution >= 0.6 is 15.2 Å². The fraction of sp³-hybridized carbons (Fsp3) is 0.750. The third-order valence-electron chi connectivity index (χ3n) is 4.79. The van der Waals surface area contributed by atoms with Gasteiger partial charge in [0.25, 0.3) is 0 Å². The van der Waals surface area contributed by atoms with Gasteiger partial charge < -0.3 is 27.6 Å². The highest BCUT2D eigenvalue weighted by Gasteiger charge is 2.31. The molecule has 0 radical (unpaired) electrons. The van der Waals surface area contributed by atoms with E-state index in [-0.39, 0.29) is 38.8 Å². The maximum Gasteiger partial charge on any atom is 0.335 e. The Kier molecular flexibility index (Phi) is 15.3. The highest BCUT2D eigenvalue weighted by atomic mass is 31.2. The van der Waals surface area contributed by atoms with Crippen molar-refractivity contribution in [2.24, 2.45) is 0 Å². The van der Waals surface area contributed by atoms with E-state index in [9.17, 15) is 9.13 Å². The topological polar surface area (TPSA) is 89.5 Å². The highest BCUT2D eigenvalue weighted by Crippen LogP contribution is 2.56. The minimum Gasteiger partial charge on any atom is -0.489 e. The molecule has 0 spiro atoms. The number of benzene rings is 1. The summed E-state index contributed by atoms with van der Waals surface area (Å²) in [6.07, 6.45) is 3.72. The Labute approximate surface area is 206 Å². The summed E-state index contributed by atoms with van der Waals surface area (Å²) in [5.74, 6) is 0.975. The first kappa shape index (κ1) is 31.2. The van der Waals surface area contributed by atoms with E-state index in [0.717, 1.165) is 25.7 Å². The first-order valence-corrected chi connectivity index (χ1v) is 15.9. The molecule has 1 aromatic rings. The largest absolute Gasteiger partial charge is 0.489 e. The van der Waals surface area contributed by atoms with Crippen molar-refractivity contribution >= 4 is 15.2 Å². The van der Waals surface area contributed by atoms with Crippen LogP contribution in [0.4, 0.5) is 0 Å². The molecule has 8 nitrogen and oxygen atoms in total. The van der Waals surface area contributed by atoms with Gasteiger partial charge in [-0.1, -0.05) is 38.8 Å². The van der Waals surface area contributed by atoms with Crippen LogP contribution in [0.25, 0.3) is 0 Å². The molecule has 0 amide bonds. The average Bonchev–Trinajstić information content (AvgIpc) is 2.77. The zero-order valence-electron chi connectivity index (χ0n) is 21.8. The molecule has 10 heteroatoms. The van der Waals surface area contributed by atoms with E-state index in [2.05, 4.69) is 13.8 Å². The molecule has 0 unspecified atom stereocenters. The Morgan fingerprint density at radius 2 is 0.912 bits per heavy atom. The van der Waals surface area contributed by atoms with E-state index in [1.54, 1.807) is 27.7 Å². The zero-order chi connectivity index (χ0) is 25.5. The van der Waals surface area contributed by atoms with E-state index in [1.807, 2.05) is 12.1 Å². The van der Waals surface area contributed by atoms with Crippen molar-refractivity contribution in [3.05, 3.63) is 23.3 Å². The molecule has 0 bridgehead atoms. The van der Waals surface area contributed by atoms with Crippen LogP contribution < -0.4 is 9.47 Å². The Balaban J connectivity index is 3.54. The maximum atomic E-state index is 13.3. The number of hydrogen-bond acceptors (Lipinski definition) is 8. The lowest BCUT2D eigenvalue weighted by molar-refractivity contribution is 0.216. The summed E-state index contributed by atoms with van der Waals surface area (Å²) < 4.78 is 61.0. The molecule has 1 rings (SSSR count). The van der Waals surface area contributed by atoms with Gasteiger partial charge in [-0.15, -0.1) is 0 Å². The third-order valence-corrected chi connectivity index (χ3v) is 8.86. The van der Waals surface area contributed by atoms with Gasteiger partial charge >= 0.3 is 15.2 Å². The Morgan fingerprint density at radius 1 is 0.588 bits per heavy atom. The van der Waals surface area contributed by atoms with Crippen molar-refractivity contribution < 1.29 is 36.7 Å². The fourth-order valence-electron chi connectivity index (χ4n) is 3.31. The molecule has 0 aliphatic heterocycles. The van der Waals surface area contributed by atoms with E-state index < -0.39 is 15.2 Å². The van der Waals surface area contributed by atoms with Crippen LogP contribution in [0.5, 0.6) is 11.5 Å². The monoisotopic (exact) mass is 522 g/mol. The lowest BCUT2D eigenvalue weighted by Crippen LogP contribution is -2.09. The number of rotatable bonds is 20. The summed E-state index contributed by atoms with van der Waals surface area (Å²) in [5, 5.41) is 0. The quantitative estimate of drug-likeness (QED) is 0.128. The van der Waals surface area contributed by atoms with Crippen LogP contribution in [0.1, 0.15) is 78.4 Å². The molecule has 0 fully saturated rings. The Bertz CT molecular complexity index is 714. The van der Waals surface area contributed by atoms with Crippen LogP contribution in [0.3, 0.4) is 0 Å². The van der Waals surface area contributed by atoms with Crippen LogP contribution in [0.15, 0.2) is 12.1 Å². The summed E-state index contributed by atoms with van der Waals surface area (Å²) in [4.78, 5) is 0. The Hall–Kier alpha value is -0.880. The summed E-state index contributed by atoms with van der Waals surface area (Å²) in [7, 11) is -6.75. The molecule has 1 aromatic carbocycles. The third kappa shape index (κ3) is 10.4. The van der Waals surface area contributed by atoms with Crippen molar-refractivity contribution in [3.8, 4) is 11.5 Å². The summed E-state index contributed by atoms with van der Waals surface area (Å²) in [6, 6.07) is 3.63. The van der Waals surface area contributed by atoms with E-state index in [0.29, 0.717) is 35.8 Å². The van der Waals surface area contributed by atoms with Crippen molar-refractivity contribution in [3.63, 3.8) is 0 Å². The fourth-order valence-corrected chi connectivity index (χ4v) is 6.73. The molecule has 198 valence electrons. The minimum atomic E-state index is -3.38. The van der Waals surface area contributed by atoms with Crippen molar-refractivity contribution in [1.82, 2.24) is 0 Å². The SMILES string of the molecule is CCCCOc1c(CP(=O)(OCC)OCC)ccc(CP(=O)(OCC)OCC)c1OCCCC. The zero-order valence-corrected chi connectivity index (χ0v) is 23.6. The van der Waals surface area contributed by atoms with Gasteiger partial charge in [-0.05, 0) is 40.5 Å². The first-order chi connectivity index (χ1) is 16.3. The van der Waals surface area contributed by atoms with Crippen LogP contribution in [-0.4, -0.2) is 39.6 Å². The van der Waals surface area contributed by atoms with Gasteiger partial charge in [0.15, 0.2) is 11.5 Å². The molecule has 0 saturated heterocycles. The van der Waals surface area contributed by atoms with Gasteiger partial charge in [0.05, 0.1) is 52.0 Å². The first-order valence-electron chi connectivity index (χ1n) is 12.5. The second-order valence-corrected chi connectivity index (χ2v) is 11.8. The lowest BCUT2D eigenvalue weighted by Gasteiger charge is -2.24. The smallest absolute Gasteiger partial charge is 0.335 e. The van der Waals surface area contributed by atoms with Gasteiger partial charge in [0.2, 0.25) is 0 Å². The number of ether oxygens (including phenoxy) is 2.